The summed E-state index contributed by atoms with van der Waals surface area (Å²) in [6.45, 7) is 1.95. The minimum absolute atomic E-state index is 0.106. The zero-order valence-corrected chi connectivity index (χ0v) is 11.9. The largest absolute Gasteiger partial charge is 0.398 e. The molecular formula is C14H16N2O3S. The number of nitrogen functional groups attached to an aromatic ring is 1. The van der Waals surface area contributed by atoms with Crippen molar-refractivity contribution in [3.63, 3.8) is 0 Å². The maximum absolute atomic E-state index is 12.3. The summed E-state index contributed by atoms with van der Waals surface area (Å²) in [5.74, 6) is -0.163. The van der Waals surface area contributed by atoms with Crippen molar-refractivity contribution < 1.29 is 8.42 Å². The fourth-order valence-corrected chi connectivity index (χ4v) is 3.28. The van der Waals surface area contributed by atoms with Crippen LogP contribution in [-0.2, 0) is 16.4 Å². The number of aryl methyl sites for hydroxylation is 2. The van der Waals surface area contributed by atoms with Crippen LogP contribution in [0.5, 0.6) is 0 Å². The number of benzene rings is 1. The van der Waals surface area contributed by atoms with E-state index in [1.54, 1.807) is 30.5 Å². The molecule has 6 heteroatoms. The summed E-state index contributed by atoms with van der Waals surface area (Å²) >= 11 is 0. The minimum Gasteiger partial charge on any atom is -0.398 e. The second-order valence-electron chi connectivity index (χ2n) is 4.59. The highest BCUT2D eigenvalue weighted by molar-refractivity contribution is 7.91. The number of rotatable bonds is 4. The van der Waals surface area contributed by atoms with Gasteiger partial charge in [-0.15, -0.1) is 0 Å². The predicted molar refractivity (Wildman–Crippen MR) is 78.3 cm³/mol. The highest BCUT2D eigenvalue weighted by Crippen LogP contribution is 2.20. The Kier molecular flexibility index (Phi) is 3.94. The van der Waals surface area contributed by atoms with E-state index in [4.69, 9.17) is 5.73 Å². The van der Waals surface area contributed by atoms with Gasteiger partial charge in [0.05, 0.1) is 16.3 Å². The molecule has 0 saturated carbocycles. The first kappa shape index (κ1) is 14.3. The summed E-state index contributed by atoms with van der Waals surface area (Å²) in [6, 6.07) is 9.54. The van der Waals surface area contributed by atoms with Gasteiger partial charge in [0.15, 0.2) is 9.84 Å². The molecule has 106 valence electrons. The Labute approximate surface area is 117 Å². The molecule has 0 spiro atoms. The Morgan fingerprint density at radius 1 is 1.20 bits per heavy atom. The summed E-state index contributed by atoms with van der Waals surface area (Å²) in [5, 5.41) is 0. The molecule has 0 amide bonds. The third kappa shape index (κ3) is 3.08. The molecule has 2 rings (SSSR count). The molecule has 20 heavy (non-hydrogen) atoms. The third-order valence-electron chi connectivity index (χ3n) is 3.00. The van der Waals surface area contributed by atoms with Crippen molar-refractivity contribution in [3.05, 3.63) is 58.5 Å². The first-order valence-electron chi connectivity index (χ1n) is 6.14. The fraction of sp³-hybridized carbons (Fsp3) is 0.214. The normalized spacial score (nSPS) is 11.4. The molecule has 0 bridgehead atoms. The van der Waals surface area contributed by atoms with Crippen LogP contribution < -0.4 is 11.3 Å². The van der Waals surface area contributed by atoms with Gasteiger partial charge in [-0.2, -0.15) is 0 Å². The number of pyridine rings is 1. The SMILES string of the molecule is Cc1ccc(S(=O)(=O)CCn2ccccc2=O)c(N)c1. The average Bonchev–Trinajstić information content (AvgIpc) is 2.37. The van der Waals surface area contributed by atoms with E-state index < -0.39 is 9.84 Å². The molecule has 0 saturated heterocycles. The molecule has 1 heterocycles. The predicted octanol–water partition coefficient (Wildman–Crippen LogP) is 1.21. The van der Waals surface area contributed by atoms with E-state index in [1.807, 2.05) is 6.92 Å². The number of anilines is 1. The number of aromatic nitrogens is 1. The molecule has 1 aromatic heterocycles. The van der Waals surface area contributed by atoms with Crippen molar-refractivity contribution in [2.45, 2.75) is 18.4 Å². The van der Waals surface area contributed by atoms with Crippen LogP contribution >= 0.6 is 0 Å². The van der Waals surface area contributed by atoms with Gasteiger partial charge in [-0.05, 0) is 30.7 Å². The monoisotopic (exact) mass is 292 g/mol. The van der Waals surface area contributed by atoms with Crippen LogP contribution in [0.15, 0.2) is 52.3 Å². The molecule has 0 aliphatic heterocycles. The highest BCUT2D eigenvalue weighted by Gasteiger charge is 2.17. The lowest BCUT2D eigenvalue weighted by atomic mass is 10.2. The Balaban J connectivity index is 2.24. The van der Waals surface area contributed by atoms with Gasteiger partial charge in [0.25, 0.3) is 5.56 Å². The fourth-order valence-electron chi connectivity index (χ4n) is 1.92. The van der Waals surface area contributed by atoms with Crippen molar-refractivity contribution in [2.75, 3.05) is 11.5 Å². The van der Waals surface area contributed by atoms with Crippen molar-refractivity contribution in [1.29, 1.82) is 0 Å². The third-order valence-corrected chi connectivity index (χ3v) is 4.76. The summed E-state index contributed by atoms with van der Waals surface area (Å²) in [6.07, 6.45) is 1.57. The van der Waals surface area contributed by atoms with E-state index in [0.717, 1.165) is 5.56 Å². The van der Waals surface area contributed by atoms with Crippen LogP contribution in [0.2, 0.25) is 0 Å². The van der Waals surface area contributed by atoms with Gasteiger partial charge in [0, 0.05) is 18.8 Å². The lowest BCUT2D eigenvalue weighted by Crippen LogP contribution is -2.23. The molecule has 0 unspecified atom stereocenters. The number of nitrogens with two attached hydrogens (primary N) is 1. The van der Waals surface area contributed by atoms with E-state index in [9.17, 15) is 13.2 Å². The average molecular weight is 292 g/mol. The van der Waals surface area contributed by atoms with E-state index in [1.165, 1.54) is 16.7 Å². The van der Waals surface area contributed by atoms with E-state index in [-0.39, 0.29) is 28.4 Å². The van der Waals surface area contributed by atoms with Crippen molar-refractivity contribution >= 4 is 15.5 Å². The maximum Gasteiger partial charge on any atom is 0.250 e. The lowest BCUT2D eigenvalue weighted by Gasteiger charge is -2.09. The molecule has 2 aromatic rings. The van der Waals surface area contributed by atoms with Crippen LogP contribution in [0.25, 0.3) is 0 Å². The maximum atomic E-state index is 12.3. The first-order valence-corrected chi connectivity index (χ1v) is 7.80. The Hall–Kier alpha value is -2.08. The summed E-state index contributed by atoms with van der Waals surface area (Å²) in [4.78, 5) is 11.6. The van der Waals surface area contributed by atoms with Gasteiger partial charge in [-0.1, -0.05) is 12.1 Å². The summed E-state index contributed by atoms with van der Waals surface area (Å²) in [7, 11) is -3.51. The van der Waals surface area contributed by atoms with Crippen LogP contribution in [0.4, 0.5) is 5.69 Å². The van der Waals surface area contributed by atoms with Gasteiger partial charge in [-0.3, -0.25) is 4.79 Å². The van der Waals surface area contributed by atoms with Crippen LogP contribution in [-0.4, -0.2) is 18.7 Å². The Morgan fingerprint density at radius 3 is 2.60 bits per heavy atom. The topological polar surface area (TPSA) is 82.2 Å². The number of sulfone groups is 1. The van der Waals surface area contributed by atoms with Crippen molar-refractivity contribution in [2.24, 2.45) is 0 Å². The molecule has 0 radical (unpaired) electrons. The molecule has 0 aliphatic carbocycles. The van der Waals surface area contributed by atoms with E-state index >= 15 is 0 Å². The van der Waals surface area contributed by atoms with Crippen LogP contribution in [0.1, 0.15) is 5.56 Å². The van der Waals surface area contributed by atoms with Crippen LogP contribution in [0.3, 0.4) is 0 Å². The minimum atomic E-state index is -3.51. The van der Waals surface area contributed by atoms with Gasteiger partial charge in [-0.25, -0.2) is 8.42 Å². The van der Waals surface area contributed by atoms with E-state index in [2.05, 4.69) is 0 Å². The smallest absolute Gasteiger partial charge is 0.250 e. The highest BCUT2D eigenvalue weighted by atomic mass is 32.2. The van der Waals surface area contributed by atoms with E-state index in [0.29, 0.717) is 0 Å². The Morgan fingerprint density at radius 2 is 1.95 bits per heavy atom. The molecular weight excluding hydrogens is 276 g/mol. The quantitative estimate of drug-likeness (QED) is 0.859. The summed E-state index contributed by atoms with van der Waals surface area (Å²) in [5.41, 5.74) is 6.68. The lowest BCUT2D eigenvalue weighted by molar-refractivity contribution is 0.587. The molecule has 2 N–H and O–H groups in total. The molecule has 1 aromatic carbocycles. The van der Waals surface area contributed by atoms with Gasteiger partial charge in [0.2, 0.25) is 0 Å². The molecule has 5 nitrogen and oxygen atoms in total. The number of hydrogen-bond acceptors (Lipinski definition) is 4. The van der Waals surface area contributed by atoms with Crippen molar-refractivity contribution in [1.82, 2.24) is 4.57 Å². The van der Waals surface area contributed by atoms with Gasteiger partial charge in [0.1, 0.15) is 0 Å². The van der Waals surface area contributed by atoms with Crippen LogP contribution in [0, 0.1) is 6.92 Å². The molecule has 0 atom stereocenters. The second-order valence-corrected chi connectivity index (χ2v) is 6.67. The summed E-state index contributed by atoms with van der Waals surface area (Å²) < 4.78 is 25.9. The zero-order chi connectivity index (χ0) is 14.8. The first-order chi connectivity index (χ1) is 9.40. The number of nitrogens with zero attached hydrogens (tertiary/aromatic N) is 1. The zero-order valence-electron chi connectivity index (χ0n) is 11.1. The van der Waals surface area contributed by atoms with Crippen molar-refractivity contribution in [3.8, 4) is 0 Å². The van der Waals surface area contributed by atoms with Gasteiger partial charge >= 0.3 is 0 Å². The Bertz CT molecular complexity index is 779. The molecule has 0 fully saturated rings. The van der Waals surface area contributed by atoms with Gasteiger partial charge < -0.3 is 10.3 Å². The number of hydrogen-bond donors (Lipinski definition) is 1. The second kappa shape index (κ2) is 5.50. The molecule has 0 aliphatic rings. The standard InChI is InChI=1S/C14H16N2O3S/c1-11-5-6-13(12(15)10-11)20(18,19)9-8-16-7-3-2-4-14(16)17/h2-7,10H,8-9,15H2,1H3.